The maximum absolute atomic E-state index is 12.6. The molecule has 0 spiro atoms. The average molecular weight is 489 g/mol. The molecule has 3 aromatic rings. The van der Waals surface area contributed by atoms with Gasteiger partial charge in [0.1, 0.15) is 0 Å². The summed E-state index contributed by atoms with van der Waals surface area (Å²) in [5, 5.41) is 5.37. The third-order valence-electron chi connectivity index (χ3n) is 3.94. The minimum Gasteiger partial charge on any atom is -0.265 e. The van der Waals surface area contributed by atoms with Gasteiger partial charge >= 0.3 is 0 Å². The zero-order valence-electron chi connectivity index (χ0n) is 14.3. The van der Waals surface area contributed by atoms with E-state index >= 15 is 0 Å². The molecule has 27 heavy (non-hydrogen) atoms. The molecule has 0 aliphatic heterocycles. The third-order valence-corrected chi connectivity index (χ3v) is 6.46. The number of aromatic nitrogens is 2. The lowest BCUT2D eigenvalue weighted by atomic mass is 10.2. The van der Waals surface area contributed by atoms with Crippen LogP contribution < -0.4 is 4.72 Å². The van der Waals surface area contributed by atoms with Crippen LogP contribution in [0.25, 0.3) is 0 Å². The second-order valence-electron chi connectivity index (χ2n) is 5.86. The molecule has 1 heterocycles. The van der Waals surface area contributed by atoms with Gasteiger partial charge in [-0.25, -0.2) is 8.42 Å². The maximum atomic E-state index is 12.6. The minimum atomic E-state index is -3.73. The van der Waals surface area contributed by atoms with E-state index in [-0.39, 0.29) is 10.7 Å². The van der Waals surface area contributed by atoms with Gasteiger partial charge in [0, 0.05) is 16.2 Å². The number of hydrogen-bond donors (Lipinski definition) is 1. The molecule has 0 saturated carbocycles. The average Bonchev–Trinajstić information content (AvgIpc) is 2.96. The Morgan fingerprint density at radius 2 is 1.85 bits per heavy atom. The van der Waals surface area contributed by atoms with Gasteiger partial charge in [-0.3, -0.25) is 9.40 Å². The van der Waals surface area contributed by atoms with Gasteiger partial charge in [-0.15, -0.1) is 0 Å². The summed E-state index contributed by atoms with van der Waals surface area (Å²) in [4.78, 5) is 0.182. The second kappa shape index (κ2) is 8.22. The Balaban J connectivity index is 1.81. The van der Waals surface area contributed by atoms with Crippen molar-refractivity contribution in [2.75, 3.05) is 4.72 Å². The van der Waals surface area contributed by atoms with Gasteiger partial charge in [-0.1, -0.05) is 48.3 Å². The zero-order chi connectivity index (χ0) is 19.6. The summed E-state index contributed by atoms with van der Waals surface area (Å²) >= 11 is 15.4. The minimum absolute atomic E-state index is 0.182. The van der Waals surface area contributed by atoms with Crippen molar-refractivity contribution in [3.63, 3.8) is 0 Å². The van der Waals surface area contributed by atoms with Gasteiger partial charge in [0.05, 0.1) is 15.9 Å². The molecule has 0 aliphatic rings. The summed E-state index contributed by atoms with van der Waals surface area (Å²) in [5.74, 6) is 0.208. The highest BCUT2D eigenvalue weighted by molar-refractivity contribution is 9.10. The van der Waals surface area contributed by atoms with E-state index in [1.165, 1.54) is 0 Å². The van der Waals surface area contributed by atoms with Gasteiger partial charge < -0.3 is 0 Å². The van der Waals surface area contributed by atoms with Gasteiger partial charge in [-0.05, 0) is 57.7 Å². The highest BCUT2D eigenvalue weighted by Gasteiger charge is 2.18. The lowest BCUT2D eigenvalue weighted by Gasteiger charge is -2.07. The third kappa shape index (κ3) is 4.85. The van der Waals surface area contributed by atoms with Crippen LogP contribution in [0.2, 0.25) is 10.0 Å². The summed E-state index contributed by atoms with van der Waals surface area (Å²) in [7, 11) is -3.73. The zero-order valence-corrected chi connectivity index (χ0v) is 18.2. The predicted octanol–water partition coefficient (Wildman–Crippen LogP) is 5.36. The van der Waals surface area contributed by atoms with Crippen molar-refractivity contribution in [2.24, 2.45) is 0 Å². The Morgan fingerprint density at radius 3 is 2.48 bits per heavy atom. The van der Waals surface area contributed by atoms with E-state index in [4.69, 9.17) is 23.2 Å². The molecule has 0 radical (unpaired) electrons. The second-order valence-corrected chi connectivity index (χ2v) is 9.24. The number of sulfonamides is 1. The van der Waals surface area contributed by atoms with Crippen LogP contribution in [0.1, 0.15) is 18.1 Å². The van der Waals surface area contributed by atoms with Crippen molar-refractivity contribution in [3.8, 4) is 0 Å². The first-order chi connectivity index (χ1) is 12.8. The molecule has 0 unspecified atom stereocenters. The molecular weight excluding hydrogens is 473 g/mol. The first-order valence-electron chi connectivity index (χ1n) is 8.07. The fraction of sp³-hybridized carbons (Fsp3) is 0.167. The quantitative estimate of drug-likeness (QED) is 0.507. The standard InChI is InChI=1S/C18H16BrCl2N3O2S/c1-2-12-3-7-15(8-4-12)27(25,26)23-18-16(19)11-24(22-18)10-13-5-6-14(20)9-17(13)21/h3-9,11H,2,10H2,1H3,(H,22,23). The van der Waals surface area contributed by atoms with Crippen molar-refractivity contribution < 1.29 is 8.42 Å². The molecule has 0 aliphatic carbocycles. The van der Waals surface area contributed by atoms with Crippen LogP contribution in [0, 0.1) is 0 Å². The van der Waals surface area contributed by atoms with Crippen molar-refractivity contribution >= 4 is 55.0 Å². The number of benzene rings is 2. The number of rotatable bonds is 6. The Hall–Kier alpha value is -1.54. The Bertz CT molecular complexity index is 1070. The van der Waals surface area contributed by atoms with E-state index in [1.807, 2.05) is 6.92 Å². The van der Waals surface area contributed by atoms with Gasteiger partial charge in [0.25, 0.3) is 10.0 Å². The van der Waals surface area contributed by atoms with Gasteiger partial charge in [0.15, 0.2) is 5.82 Å². The van der Waals surface area contributed by atoms with Crippen molar-refractivity contribution in [1.82, 2.24) is 9.78 Å². The smallest absolute Gasteiger partial charge is 0.263 e. The normalized spacial score (nSPS) is 11.6. The Labute approximate surface area is 176 Å². The fourth-order valence-electron chi connectivity index (χ4n) is 2.46. The highest BCUT2D eigenvalue weighted by atomic mass is 79.9. The van der Waals surface area contributed by atoms with E-state index in [9.17, 15) is 8.42 Å². The summed E-state index contributed by atoms with van der Waals surface area (Å²) < 4.78 is 29.8. The fourth-order valence-corrected chi connectivity index (χ4v) is 4.49. The van der Waals surface area contributed by atoms with Crippen LogP contribution in [0.5, 0.6) is 0 Å². The monoisotopic (exact) mass is 487 g/mol. The van der Waals surface area contributed by atoms with E-state index in [1.54, 1.807) is 53.3 Å². The summed E-state index contributed by atoms with van der Waals surface area (Å²) in [6.07, 6.45) is 2.53. The van der Waals surface area contributed by atoms with Crippen LogP contribution in [-0.2, 0) is 23.0 Å². The topological polar surface area (TPSA) is 64.0 Å². The molecule has 2 aromatic carbocycles. The first-order valence-corrected chi connectivity index (χ1v) is 11.1. The Kier molecular flexibility index (Phi) is 6.15. The number of aryl methyl sites for hydroxylation is 1. The lowest BCUT2D eigenvalue weighted by molar-refractivity contribution is 0.600. The predicted molar refractivity (Wildman–Crippen MR) is 112 cm³/mol. The van der Waals surface area contributed by atoms with Crippen LogP contribution in [0.3, 0.4) is 0 Å². The van der Waals surface area contributed by atoms with Crippen LogP contribution in [-0.4, -0.2) is 18.2 Å². The summed E-state index contributed by atoms with van der Waals surface area (Å²) in [6, 6.07) is 12.0. The molecular formula is C18H16BrCl2N3O2S. The molecule has 0 saturated heterocycles. The molecule has 142 valence electrons. The van der Waals surface area contributed by atoms with E-state index < -0.39 is 10.0 Å². The van der Waals surface area contributed by atoms with E-state index in [0.29, 0.717) is 21.1 Å². The molecule has 0 bridgehead atoms. The van der Waals surface area contributed by atoms with Crippen molar-refractivity contribution in [2.45, 2.75) is 24.8 Å². The van der Waals surface area contributed by atoms with Crippen LogP contribution in [0.4, 0.5) is 5.82 Å². The number of anilines is 1. The molecule has 0 amide bonds. The number of halogens is 3. The molecule has 1 aromatic heterocycles. The number of nitrogens with zero attached hydrogens (tertiary/aromatic N) is 2. The molecule has 1 N–H and O–H groups in total. The van der Waals surface area contributed by atoms with E-state index in [2.05, 4.69) is 25.8 Å². The first kappa shape index (κ1) is 20.2. The van der Waals surface area contributed by atoms with Crippen molar-refractivity contribution in [3.05, 3.63) is 74.3 Å². The molecule has 0 fully saturated rings. The van der Waals surface area contributed by atoms with E-state index in [0.717, 1.165) is 17.5 Å². The summed E-state index contributed by atoms with van der Waals surface area (Å²) in [5.41, 5.74) is 1.89. The van der Waals surface area contributed by atoms with Crippen LogP contribution >= 0.6 is 39.1 Å². The lowest BCUT2D eigenvalue weighted by Crippen LogP contribution is -2.14. The Morgan fingerprint density at radius 1 is 1.15 bits per heavy atom. The number of nitrogens with one attached hydrogen (secondary N) is 1. The molecule has 5 nitrogen and oxygen atoms in total. The van der Waals surface area contributed by atoms with Gasteiger partial charge in [0.2, 0.25) is 0 Å². The summed E-state index contributed by atoms with van der Waals surface area (Å²) in [6.45, 7) is 2.39. The van der Waals surface area contributed by atoms with Crippen molar-refractivity contribution in [1.29, 1.82) is 0 Å². The highest BCUT2D eigenvalue weighted by Crippen LogP contribution is 2.26. The molecule has 9 heteroatoms. The number of hydrogen-bond acceptors (Lipinski definition) is 3. The maximum Gasteiger partial charge on any atom is 0.263 e. The largest absolute Gasteiger partial charge is 0.265 e. The molecule has 3 rings (SSSR count). The SMILES string of the molecule is CCc1ccc(S(=O)(=O)Nc2nn(Cc3ccc(Cl)cc3Cl)cc2Br)cc1. The van der Waals surface area contributed by atoms with Gasteiger partial charge in [-0.2, -0.15) is 5.10 Å². The van der Waals surface area contributed by atoms with Crippen LogP contribution in [0.15, 0.2) is 58.0 Å². The molecule has 0 atom stereocenters.